The van der Waals surface area contributed by atoms with Crippen LogP contribution in [0.2, 0.25) is 0 Å². The molecular weight excluding hydrogens is 230 g/mol. The summed E-state index contributed by atoms with van der Waals surface area (Å²) < 4.78 is 0. The monoisotopic (exact) mass is 255 g/mol. The van der Waals surface area contributed by atoms with Gasteiger partial charge in [0.2, 0.25) is 5.91 Å². The van der Waals surface area contributed by atoms with Crippen LogP contribution in [0.4, 0.5) is 0 Å². The first-order chi connectivity index (χ1) is 8.50. The zero-order valence-corrected chi connectivity index (χ0v) is 11.4. The SMILES string of the molecule is CC(NC(=O)CCC1CCCCC1)C(C)C(=O)O. The predicted molar refractivity (Wildman–Crippen MR) is 70.2 cm³/mol. The Morgan fingerprint density at radius 1 is 1.22 bits per heavy atom. The average Bonchev–Trinajstić information content (AvgIpc) is 2.36. The van der Waals surface area contributed by atoms with E-state index in [1.54, 1.807) is 13.8 Å². The molecule has 2 N–H and O–H groups in total. The van der Waals surface area contributed by atoms with E-state index in [1.807, 2.05) is 0 Å². The largest absolute Gasteiger partial charge is 0.481 e. The number of carbonyl (C=O) groups is 2. The molecule has 0 bridgehead atoms. The number of aliphatic carboxylic acids is 1. The smallest absolute Gasteiger partial charge is 0.308 e. The number of hydrogen-bond donors (Lipinski definition) is 2. The number of carboxylic acids is 1. The number of carboxylic acid groups (broad SMARTS) is 1. The van der Waals surface area contributed by atoms with Gasteiger partial charge in [0.05, 0.1) is 5.92 Å². The number of amides is 1. The summed E-state index contributed by atoms with van der Waals surface area (Å²) in [6, 6.07) is -0.304. The first-order valence-electron chi connectivity index (χ1n) is 7.03. The Morgan fingerprint density at radius 2 is 1.83 bits per heavy atom. The topological polar surface area (TPSA) is 66.4 Å². The Balaban J connectivity index is 2.22. The molecule has 1 rings (SSSR count). The van der Waals surface area contributed by atoms with Gasteiger partial charge in [-0.15, -0.1) is 0 Å². The van der Waals surface area contributed by atoms with Crippen LogP contribution < -0.4 is 5.32 Å². The molecule has 0 radical (unpaired) electrons. The molecule has 0 saturated heterocycles. The Labute approximate surface area is 109 Å². The second-order valence-corrected chi connectivity index (χ2v) is 5.53. The van der Waals surface area contributed by atoms with Crippen LogP contribution in [0.25, 0.3) is 0 Å². The number of rotatable bonds is 6. The van der Waals surface area contributed by atoms with Crippen LogP contribution in [0.3, 0.4) is 0 Å². The maximum atomic E-state index is 11.7. The molecule has 4 nitrogen and oxygen atoms in total. The Kier molecular flexibility index (Phi) is 6.16. The van der Waals surface area contributed by atoms with Crippen molar-refractivity contribution in [1.82, 2.24) is 5.32 Å². The summed E-state index contributed by atoms with van der Waals surface area (Å²) in [6.45, 7) is 3.37. The van der Waals surface area contributed by atoms with Gasteiger partial charge in [0, 0.05) is 12.5 Å². The molecule has 0 aromatic heterocycles. The third-order valence-electron chi connectivity index (χ3n) is 4.03. The lowest BCUT2D eigenvalue weighted by Gasteiger charge is -2.22. The second kappa shape index (κ2) is 7.39. The molecule has 2 atom stereocenters. The zero-order chi connectivity index (χ0) is 13.5. The van der Waals surface area contributed by atoms with Gasteiger partial charge < -0.3 is 10.4 Å². The first kappa shape index (κ1) is 15.0. The highest BCUT2D eigenvalue weighted by atomic mass is 16.4. The van der Waals surface area contributed by atoms with E-state index < -0.39 is 11.9 Å². The minimum Gasteiger partial charge on any atom is -0.481 e. The fraction of sp³-hybridized carbons (Fsp3) is 0.857. The highest BCUT2D eigenvalue weighted by Gasteiger charge is 2.21. The molecule has 0 aromatic rings. The van der Waals surface area contributed by atoms with E-state index in [4.69, 9.17) is 5.11 Å². The third kappa shape index (κ3) is 5.07. The Hall–Kier alpha value is -1.06. The van der Waals surface area contributed by atoms with Gasteiger partial charge in [-0.2, -0.15) is 0 Å². The van der Waals surface area contributed by atoms with Crippen LogP contribution in [-0.2, 0) is 9.59 Å². The summed E-state index contributed by atoms with van der Waals surface area (Å²) >= 11 is 0. The molecule has 104 valence electrons. The van der Waals surface area contributed by atoms with Gasteiger partial charge in [-0.05, 0) is 26.2 Å². The van der Waals surface area contributed by atoms with Gasteiger partial charge in [0.1, 0.15) is 0 Å². The zero-order valence-electron chi connectivity index (χ0n) is 11.4. The van der Waals surface area contributed by atoms with Crippen LogP contribution in [0.5, 0.6) is 0 Å². The summed E-state index contributed by atoms with van der Waals surface area (Å²) in [5, 5.41) is 11.6. The molecule has 4 heteroatoms. The fourth-order valence-electron chi connectivity index (χ4n) is 2.48. The van der Waals surface area contributed by atoms with Gasteiger partial charge in [0.15, 0.2) is 0 Å². The van der Waals surface area contributed by atoms with Crippen LogP contribution in [0.15, 0.2) is 0 Å². The van der Waals surface area contributed by atoms with Crippen molar-refractivity contribution in [3.8, 4) is 0 Å². The predicted octanol–water partition coefficient (Wildman–Crippen LogP) is 2.57. The van der Waals surface area contributed by atoms with Crippen molar-refractivity contribution in [2.24, 2.45) is 11.8 Å². The fourth-order valence-corrected chi connectivity index (χ4v) is 2.48. The minimum absolute atomic E-state index is 0.0128. The van der Waals surface area contributed by atoms with Crippen LogP contribution in [0, 0.1) is 11.8 Å². The molecule has 1 aliphatic carbocycles. The summed E-state index contributed by atoms with van der Waals surface area (Å²) in [4.78, 5) is 22.5. The van der Waals surface area contributed by atoms with Crippen LogP contribution in [0.1, 0.15) is 58.8 Å². The van der Waals surface area contributed by atoms with Gasteiger partial charge in [-0.25, -0.2) is 0 Å². The normalized spacial score (nSPS) is 20.1. The van der Waals surface area contributed by atoms with E-state index in [1.165, 1.54) is 32.1 Å². The number of carbonyl (C=O) groups excluding carboxylic acids is 1. The highest BCUT2D eigenvalue weighted by Crippen LogP contribution is 2.27. The lowest BCUT2D eigenvalue weighted by molar-refractivity contribution is -0.142. The standard InChI is InChI=1S/C14H25NO3/c1-10(14(17)18)11(2)15-13(16)9-8-12-6-4-3-5-7-12/h10-12H,3-9H2,1-2H3,(H,15,16)(H,17,18). The molecule has 0 heterocycles. The number of hydrogen-bond acceptors (Lipinski definition) is 2. The van der Waals surface area contributed by atoms with E-state index in [2.05, 4.69) is 5.32 Å². The third-order valence-corrected chi connectivity index (χ3v) is 4.03. The molecule has 18 heavy (non-hydrogen) atoms. The maximum Gasteiger partial charge on any atom is 0.308 e. The molecule has 0 spiro atoms. The molecule has 1 fully saturated rings. The molecule has 2 unspecified atom stereocenters. The molecule has 0 aromatic carbocycles. The van der Waals surface area contributed by atoms with Gasteiger partial charge in [0.25, 0.3) is 0 Å². The van der Waals surface area contributed by atoms with Crippen molar-refractivity contribution in [3.63, 3.8) is 0 Å². The van der Waals surface area contributed by atoms with Crippen molar-refractivity contribution in [2.75, 3.05) is 0 Å². The quantitative estimate of drug-likeness (QED) is 0.766. The van der Waals surface area contributed by atoms with E-state index in [0.29, 0.717) is 12.3 Å². The van der Waals surface area contributed by atoms with Crippen molar-refractivity contribution in [3.05, 3.63) is 0 Å². The highest BCUT2D eigenvalue weighted by molar-refractivity contribution is 5.77. The van der Waals surface area contributed by atoms with Gasteiger partial charge >= 0.3 is 5.97 Å². The summed E-state index contributed by atoms with van der Waals surface area (Å²) in [5.74, 6) is -0.725. The lowest BCUT2D eigenvalue weighted by atomic mass is 9.86. The van der Waals surface area contributed by atoms with E-state index >= 15 is 0 Å². The van der Waals surface area contributed by atoms with Crippen molar-refractivity contribution in [1.29, 1.82) is 0 Å². The van der Waals surface area contributed by atoms with E-state index in [9.17, 15) is 9.59 Å². The average molecular weight is 255 g/mol. The molecule has 1 amide bonds. The van der Waals surface area contributed by atoms with E-state index in [0.717, 1.165) is 6.42 Å². The maximum absolute atomic E-state index is 11.7. The molecular formula is C14H25NO3. The van der Waals surface area contributed by atoms with Crippen molar-refractivity contribution >= 4 is 11.9 Å². The Morgan fingerprint density at radius 3 is 2.39 bits per heavy atom. The summed E-state index contributed by atoms with van der Waals surface area (Å²) in [5.41, 5.74) is 0. The van der Waals surface area contributed by atoms with Crippen molar-refractivity contribution in [2.45, 2.75) is 64.8 Å². The van der Waals surface area contributed by atoms with Gasteiger partial charge in [-0.1, -0.05) is 32.1 Å². The minimum atomic E-state index is -0.866. The van der Waals surface area contributed by atoms with Crippen LogP contribution >= 0.6 is 0 Å². The summed E-state index contributed by atoms with van der Waals surface area (Å²) in [6.07, 6.45) is 7.87. The van der Waals surface area contributed by atoms with Crippen molar-refractivity contribution < 1.29 is 14.7 Å². The first-order valence-corrected chi connectivity index (χ1v) is 7.03. The second-order valence-electron chi connectivity index (χ2n) is 5.53. The van der Waals surface area contributed by atoms with Crippen LogP contribution in [-0.4, -0.2) is 23.0 Å². The lowest BCUT2D eigenvalue weighted by Crippen LogP contribution is -2.40. The molecule has 1 aliphatic rings. The molecule has 0 aliphatic heterocycles. The number of nitrogens with one attached hydrogen (secondary N) is 1. The molecule has 1 saturated carbocycles. The Bertz CT molecular complexity index is 285. The van der Waals surface area contributed by atoms with E-state index in [-0.39, 0.29) is 11.9 Å². The van der Waals surface area contributed by atoms with Gasteiger partial charge in [-0.3, -0.25) is 9.59 Å². The summed E-state index contributed by atoms with van der Waals surface area (Å²) in [7, 11) is 0.